The predicted molar refractivity (Wildman–Crippen MR) is 69.0 cm³/mol. The van der Waals surface area contributed by atoms with Crippen molar-refractivity contribution in [2.45, 2.75) is 13.5 Å². The zero-order chi connectivity index (χ0) is 13.8. The van der Waals surface area contributed by atoms with E-state index in [2.05, 4.69) is 25.8 Å². The maximum atomic E-state index is 12.0. The van der Waals surface area contributed by atoms with E-state index in [9.17, 15) is 4.79 Å². The third kappa shape index (κ3) is 3.05. The second-order valence-corrected chi connectivity index (χ2v) is 3.99. The first-order valence-corrected chi connectivity index (χ1v) is 5.67. The summed E-state index contributed by atoms with van der Waals surface area (Å²) in [6.45, 7) is 2.14. The Balaban J connectivity index is 2.08. The number of carbonyl (C=O) groups excluding carboxylic acids is 1. The average molecular weight is 261 g/mol. The molecule has 0 aromatic carbocycles. The molecule has 0 unspecified atom stereocenters. The van der Waals surface area contributed by atoms with Crippen LogP contribution in [0.5, 0.6) is 0 Å². The van der Waals surface area contributed by atoms with Crippen molar-refractivity contribution in [1.82, 2.24) is 25.1 Å². The molecule has 0 aliphatic heterocycles. The number of aryl methyl sites for hydroxylation is 2. The number of nitrogens with one attached hydrogen (secondary N) is 2. The highest BCUT2D eigenvalue weighted by atomic mass is 16.1. The van der Waals surface area contributed by atoms with E-state index < -0.39 is 0 Å². The first-order chi connectivity index (χ1) is 9.10. The van der Waals surface area contributed by atoms with E-state index in [4.69, 9.17) is 5.84 Å². The van der Waals surface area contributed by atoms with E-state index in [1.807, 2.05) is 13.1 Å². The minimum Gasteiger partial charge on any atom is -0.345 e. The lowest BCUT2D eigenvalue weighted by atomic mass is 10.3. The van der Waals surface area contributed by atoms with E-state index in [0.717, 1.165) is 5.69 Å². The van der Waals surface area contributed by atoms with Gasteiger partial charge in [-0.3, -0.25) is 14.9 Å². The second kappa shape index (κ2) is 5.44. The van der Waals surface area contributed by atoms with Crippen LogP contribution in [0.15, 0.2) is 18.3 Å². The van der Waals surface area contributed by atoms with Gasteiger partial charge in [0, 0.05) is 18.9 Å². The summed E-state index contributed by atoms with van der Waals surface area (Å²) in [6, 6.07) is 3.43. The van der Waals surface area contributed by atoms with Gasteiger partial charge in [0.2, 0.25) is 5.95 Å². The predicted octanol–water partition coefficient (Wildman–Crippen LogP) is -0.266. The van der Waals surface area contributed by atoms with Gasteiger partial charge in [-0.2, -0.15) is 5.10 Å². The lowest BCUT2D eigenvalue weighted by Crippen LogP contribution is -2.26. The summed E-state index contributed by atoms with van der Waals surface area (Å²) in [5.41, 5.74) is 4.15. The van der Waals surface area contributed by atoms with Crippen molar-refractivity contribution in [3.63, 3.8) is 0 Å². The number of hydrazine groups is 1. The van der Waals surface area contributed by atoms with Crippen molar-refractivity contribution in [2.75, 3.05) is 5.43 Å². The Morgan fingerprint density at radius 1 is 1.47 bits per heavy atom. The van der Waals surface area contributed by atoms with Gasteiger partial charge < -0.3 is 5.32 Å². The molecule has 0 atom stereocenters. The van der Waals surface area contributed by atoms with Crippen LogP contribution in [0, 0.1) is 6.92 Å². The van der Waals surface area contributed by atoms with Crippen molar-refractivity contribution in [3.05, 3.63) is 35.4 Å². The molecule has 8 nitrogen and oxygen atoms in total. The van der Waals surface area contributed by atoms with E-state index in [1.54, 1.807) is 23.9 Å². The average Bonchev–Trinajstić information content (AvgIpc) is 2.80. The zero-order valence-corrected chi connectivity index (χ0v) is 10.7. The molecule has 0 fully saturated rings. The Hall–Kier alpha value is -2.48. The summed E-state index contributed by atoms with van der Waals surface area (Å²) in [4.78, 5) is 20.0. The molecule has 2 aromatic heterocycles. The van der Waals surface area contributed by atoms with Crippen LogP contribution < -0.4 is 16.6 Å². The number of aromatic nitrogens is 4. The first kappa shape index (κ1) is 13.0. The first-order valence-electron chi connectivity index (χ1n) is 5.67. The van der Waals surface area contributed by atoms with Crippen LogP contribution in [0.1, 0.15) is 21.9 Å². The van der Waals surface area contributed by atoms with E-state index in [-0.39, 0.29) is 17.5 Å². The van der Waals surface area contributed by atoms with Gasteiger partial charge in [-0.25, -0.2) is 15.8 Å². The maximum Gasteiger partial charge on any atom is 0.270 e. The van der Waals surface area contributed by atoms with E-state index in [0.29, 0.717) is 12.2 Å². The standard InChI is InChI=1S/C11H15N7O/c1-7-5-9(16-11(15-7)17-12)10(19)13-6-8-3-4-14-18(8)2/h3-5H,6,12H2,1-2H3,(H,13,19)(H,15,16,17). The summed E-state index contributed by atoms with van der Waals surface area (Å²) in [5.74, 6) is 5.17. The number of anilines is 1. The summed E-state index contributed by atoms with van der Waals surface area (Å²) < 4.78 is 1.69. The fourth-order valence-corrected chi connectivity index (χ4v) is 1.59. The number of amides is 1. The molecule has 100 valence electrons. The highest BCUT2D eigenvalue weighted by Crippen LogP contribution is 2.04. The smallest absolute Gasteiger partial charge is 0.270 e. The van der Waals surface area contributed by atoms with Gasteiger partial charge in [0.25, 0.3) is 5.91 Å². The van der Waals surface area contributed by atoms with Gasteiger partial charge in [0.05, 0.1) is 12.2 Å². The molecule has 2 heterocycles. The number of nitrogens with two attached hydrogens (primary N) is 1. The Bertz CT molecular complexity index is 592. The molecule has 0 bridgehead atoms. The molecule has 0 radical (unpaired) electrons. The lowest BCUT2D eigenvalue weighted by Gasteiger charge is -2.07. The van der Waals surface area contributed by atoms with Crippen LogP contribution in [-0.4, -0.2) is 25.7 Å². The molecule has 1 amide bonds. The van der Waals surface area contributed by atoms with Crippen LogP contribution >= 0.6 is 0 Å². The molecule has 4 N–H and O–H groups in total. The number of nitrogens with zero attached hydrogens (tertiary/aromatic N) is 4. The summed E-state index contributed by atoms with van der Waals surface area (Å²) in [5, 5.41) is 6.78. The summed E-state index contributed by atoms with van der Waals surface area (Å²) in [7, 11) is 1.81. The minimum absolute atomic E-state index is 0.214. The topological polar surface area (TPSA) is 111 Å². The molecule has 2 rings (SSSR count). The Morgan fingerprint density at radius 2 is 2.26 bits per heavy atom. The van der Waals surface area contributed by atoms with Crippen LogP contribution in [0.3, 0.4) is 0 Å². The fourth-order valence-electron chi connectivity index (χ4n) is 1.59. The number of nitrogen functional groups attached to an aromatic ring is 1. The molecule has 8 heteroatoms. The zero-order valence-electron chi connectivity index (χ0n) is 10.7. The third-order valence-electron chi connectivity index (χ3n) is 2.57. The molecule has 0 saturated carbocycles. The second-order valence-electron chi connectivity index (χ2n) is 3.99. The molecular weight excluding hydrogens is 246 g/mol. The largest absolute Gasteiger partial charge is 0.345 e. The fraction of sp³-hybridized carbons (Fsp3) is 0.273. The van der Waals surface area contributed by atoms with Crippen molar-refractivity contribution in [1.29, 1.82) is 0 Å². The van der Waals surface area contributed by atoms with Gasteiger partial charge in [-0.05, 0) is 19.1 Å². The summed E-state index contributed by atoms with van der Waals surface area (Å²) >= 11 is 0. The van der Waals surface area contributed by atoms with E-state index >= 15 is 0 Å². The van der Waals surface area contributed by atoms with Crippen LogP contribution in [-0.2, 0) is 13.6 Å². The number of hydrogen-bond acceptors (Lipinski definition) is 6. The molecule has 0 aliphatic carbocycles. The van der Waals surface area contributed by atoms with Gasteiger partial charge in [-0.15, -0.1) is 0 Å². The van der Waals surface area contributed by atoms with Crippen molar-refractivity contribution in [2.24, 2.45) is 12.9 Å². The Labute approximate surface area is 110 Å². The number of hydrogen-bond donors (Lipinski definition) is 3. The molecule has 0 spiro atoms. The van der Waals surface area contributed by atoms with Crippen LogP contribution in [0.25, 0.3) is 0 Å². The van der Waals surface area contributed by atoms with Crippen molar-refractivity contribution >= 4 is 11.9 Å². The molecule has 2 aromatic rings. The van der Waals surface area contributed by atoms with Gasteiger partial charge in [0.1, 0.15) is 5.69 Å². The van der Waals surface area contributed by atoms with Gasteiger partial charge in [-0.1, -0.05) is 0 Å². The SMILES string of the molecule is Cc1cc(C(=O)NCc2ccnn2C)nc(NN)n1. The molecule has 19 heavy (non-hydrogen) atoms. The lowest BCUT2D eigenvalue weighted by molar-refractivity contribution is 0.0945. The Kier molecular flexibility index (Phi) is 3.71. The number of carbonyl (C=O) groups is 1. The molecular formula is C11H15N7O. The van der Waals surface area contributed by atoms with Crippen molar-refractivity contribution in [3.8, 4) is 0 Å². The maximum absolute atomic E-state index is 12.0. The highest BCUT2D eigenvalue weighted by Gasteiger charge is 2.10. The van der Waals surface area contributed by atoms with Crippen molar-refractivity contribution < 1.29 is 4.79 Å². The third-order valence-corrected chi connectivity index (χ3v) is 2.57. The van der Waals surface area contributed by atoms with E-state index in [1.165, 1.54) is 0 Å². The molecule has 0 saturated heterocycles. The number of rotatable bonds is 4. The Morgan fingerprint density at radius 3 is 2.89 bits per heavy atom. The highest BCUT2D eigenvalue weighted by molar-refractivity contribution is 5.92. The van der Waals surface area contributed by atoms with Crippen LogP contribution in [0.2, 0.25) is 0 Å². The normalized spacial score (nSPS) is 10.3. The minimum atomic E-state index is -0.289. The molecule has 0 aliphatic rings. The van der Waals surface area contributed by atoms with Gasteiger partial charge in [0.15, 0.2) is 0 Å². The van der Waals surface area contributed by atoms with Crippen LogP contribution in [0.4, 0.5) is 5.95 Å². The summed E-state index contributed by atoms with van der Waals surface area (Å²) in [6.07, 6.45) is 1.67. The monoisotopic (exact) mass is 261 g/mol. The quantitative estimate of drug-likeness (QED) is 0.516. The van der Waals surface area contributed by atoms with Gasteiger partial charge >= 0.3 is 0 Å².